The van der Waals surface area contributed by atoms with Crippen molar-refractivity contribution in [2.75, 3.05) is 11.9 Å². The molecule has 0 saturated carbocycles. The fourth-order valence-corrected chi connectivity index (χ4v) is 2.29. The summed E-state index contributed by atoms with van der Waals surface area (Å²) in [5.41, 5.74) is 1.32. The summed E-state index contributed by atoms with van der Waals surface area (Å²) in [5, 5.41) is 6.70. The van der Waals surface area contributed by atoms with E-state index in [1.165, 1.54) is 24.3 Å². The summed E-state index contributed by atoms with van der Waals surface area (Å²) < 4.78 is 57.0. The molecule has 2 aromatic carbocycles. The van der Waals surface area contributed by atoms with Crippen LogP contribution >= 0.6 is 0 Å². The van der Waals surface area contributed by atoms with Crippen LogP contribution in [-0.2, 0) is 6.54 Å². The highest BCUT2D eigenvalue weighted by Gasteiger charge is 2.18. The van der Waals surface area contributed by atoms with Crippen LogP contribution in [0.2, 0.25) is 0 Å². The predicted molar refractivity (Wildman–Crippen MR) is 83.2 cm³/mol. The first kappa shape index (κ1) is 16.9. The number of rotatable bonds is 5. The molecule has 0 aliphatic rings. The van der Waals surface area contributed by atoms with Gasteiger partial charge in [0.2, 0.25) is 5.89 Å². The zero-order chi connectivity index (χ0) is 18.0. The van der Waals surface area contributed by atoms with Crippen LogP contribution < -0.4 is 4.90 Å². The van der Waals surface area contributed by atoms with E-state index in [1.54, 1.807) is 24.1 Å². The Morgan fingerprint density at radius 3 is 2.36 bits per heavy atom. The molecule has 0 radical (unpaired) electrons. The number of anilines is 1. The first-order chi connectivity index (χ1) is 11.9. The van der Waals surface area contributed by atoms with Crippen LogP contribution in [0.5, 0.6) is 0 Å². The van der Waals surface area contributed by atoms with Crippen molar-refractivity contribution in [3.63, 3.8) is 0 Å². The lowest BCUT2D eigenvalue weighted by atomic mass is 10.1. The van der Waals surface area contributed by atoms with E-state index in [-0.39, 0.29) is 23.8 Å². The average Bonchev–Trinajstić information content (AvgIpc) is 3.07. The minimum absolute atomic E-state index is 0.173. The van der Waals surface area contributed by atoms with Crippen molar-refractivity contribution in [2.45, 2.75) is 13.0 Å². The van der Waals surface area contributed by atoms with Crippen molar-refractivity contribution in [3.05, 3.63) is 65.6 Å². The van der Waals surface area contributed by atoms with E-state index in [9.17, 15) is 17.6 Å². The Morgan fingerprint density at radius 1 is 1.04 bits per heavy atom. The number of hydrogen-bond donors (Lipinski definition) is 0. The van der Waals surface area contributed by atoms with Gasteiger partial charge in [0.15, 0.2) is 0 Å². The van der Waals surface area contributed by atoms with E-state index in [2.05, 4.69) is 10.2 Å². The highest BCUT2D eigenvalue weighted by Crippen LogP contribution is 2.25. The van der Waals surface area contributed by atoms with Crippen LogP contribution in [-0.4, -0.2) is 17.2 Å². The molecular weight excluding hydrogens is 338 g/mol. The van der Waals surface area contributed by atoms with E-state index in [4.69, 9.17) is 4.42 Å². The Morgan fingerprint density at radius 2 is 1.76 bits per heavy atom. The van der Waals surface area contributed by atoms with Crippen molar-refractivity contribution >= 4 is 5.69 Å². The molecule has 0 aliphatic heterocycles. The van der Waals surface area contributed by atoms with Gasteiger partial charge in [-0.25, -0.2) is 8.78 Å². The highest BCUT2D eigenvalue weighted by atomic mass is 19.3. The molecule has 8 heteroatoms. The number of alkyl halides is 2. The number of nitrogens with zero attached hydrogens (tertiary/aromatic N) is 3. The zero-order valence-corrected chi connectivity index (χ0v) is 13.1. The fraction of sp³-hybridized carbons (Fsp3) is 0.176. The van der Waals surface area contributed by atoms with Gasteiger partial charge in [0.25, 0.3) is 5.89 Å². The van der Waals surface area contributed by atoms with Gasteiger partial charge < -0.3 is 9.32 Å². The van der Waals surface area contributed by atoms with Crippen LogP contribution in [0.15, 0.2) is 46.9 Å². The molecule has 0 fully saturated rings. The molecule has 0 spiro atoms. The molecule has 4 nitrogen and oxygen atoms in total. The van der Waals surface area contributed by atoms with Gasteiger partial charge in [0.05, 0.1) is 0 Å². The Labute approximate surface area is 140 Å². The Kier molecular flexibility index (Phi) is 4.69. The van der Waals surface area contributed by atoms with Crippen LogP contribution in [0.4, 0.5) is 23.2 Å². The molecule has 3 rings (SSSR count). The largest absolute Gasteiger partial charge is 0.415 e. The lowest BCUT2D eigenvalue weighted by Crippen LogP contribution is -2.17. The molecule has 0 unspecified atom stereocenters. The van der Waals surface area contributed by atoms with E-state index >= 15 is 0 Å². The van der Waals surface area contributed by atoms with Gasteiger partial charge in [0.1, 0.15) is 11.6 Å². The second-order valence-electron chi connectivity index (χ2n) is 5.38. The predicted octanol–water partition coefficient (Wildman–Crippen LogP) is 4.59. The van der Waals surface area contributed by atoms with Gasteiger partial charge >= 0.3 is 6.43 Å². The summed E-state index contributed by atoms with van der Waals surface area (Å²) in [7, 11) is 1.74. The summed E-state index contributed by atoms with van der Waals surface area (Å²) in [4.78, 5) is 1.75. The smallest absolute Gasteiger partial charge is 0.314 e. The lowest BCUT2D eigenvalue weighted by Gasteiger charge is -2.19. The number of aromatic nitrogens is 2. The van der Waals surface area contributed by atoms with Crippen LogP contribution in [0, 0.1) is 11.6 Å². The monoisotopic (exact) mass is 351 g/mol. The average molecular weight is 351 g/mol. The molecule has 1 aromatic heterocycles. The van der Waals surface area contributed by atoms with Crippen LogP contribution in [0.1, 0.15) is 17.9 Å². The van der Waals surface area contributed by atoms with Gasteiger partial charge in [-0.1, -0.05) is 6.07 Å². The molecule has 130 valence electrons. The van der Waals surface area contributed by atoms with Gasteiger partial charge in [-0.05, 0) is 36.4 Å². The molecule has 0 saturated heterocycles. The third kappa shape index (κ3) is 3.78. The van der Waals surface area contributed by atoms with Crippen molar-refractivity contribution in [1.29, 1.82) is 0 Å². The molecule has 0 N–H and O–H groups in total. The molecule has 3 aromatic rings. The number of benzene rings is 2. The van der Waals surface area contributed by atoms with Crippen molar-refractivity contribution < 1.29 is 22.0 Å². The standard InChI is InChI=1S/C17H13F4N3O/c1-24(13-6-4-12(18)5-7-13)9-11-3-2-10(8-14(11)19)16-22-23-17(25-16)15(20)21/h2-8,15H,9H2,1H3. The van der Waals surface area contributed by atoms with Gasteiger partial charge in [-0.3, -0.25) is 0 Å². The van der Waals surface area contributed by atoms with E-state index in [0.29, 0.717) is 5.56 Å². The van der Waals surface area contributed by atoms with Gasteiger partial charge in [0, 0.05) is 30.4 Å². The molecule has 0 bridgehead atoms. The third-order valence-corrected chi connectivity index (χ3v) is 3.60. The van der Waals surface area contributed by atoms with Crippen LogP contribution in [0.3, 0.4) is 0 Å². The molecule has 0 amide bonds. The lowest BCUT2D eigenvalue weighted by molar-refractivity contribution is 0.116. The van der Waals surface area contributed by atoms with Gasteiger partial charge in [-0.2, -0.15) is 8.78 Å². The summed E-state index contributed by atoms with van der Waals surface area (Å²) >= 11 is 0. The van der Waals surface area contributed by atoms with Crippen molar-refractivity contribution in [3.8, 4) is 11.5 Å². The maximum Gasteiger partial charge on any atom is 0.314 e. The van der Waals surface area contributed by atoms with E-state index in [0.717, 1.165) is 11.8 Å². The second-order valence-corrected chi connectivity index (χ2v) is 5.38. The van der Waals surface area contributed by atoms with E-state index < -0.39 is 18.1 Å². The normalized spacial score (nSPS) is 11.1. The topological polar surface area (TPSA) is 42.2 Å². The molecule has 25 heavy (non-hydrogen) atoms. The van der Waals surface area contributed by atoms with Gasteiger partial charge in [-0.15, -0.1) is 10.2 Å². The molecule has 0 aliphatic carbocycles. The summed E-state index contributed by atoms with van der Waals surface area (Å²) in [5.74, 6) is -1.87. The quantitative estimate of drug-likeness (QED) is 0.631. The first-order valence-corrected chi connectivity index (χ1v) is 7.31. The minimum atomic E-state index is -2.88. The maximum absolute atomic E-state index is 14.3. The van der Waals surface area contributed by atoms with Crippen LogP contribution in [0.25, 0.3) is 11.5 Å². The SMILES string of the molecule is CN(Cc1ccc(-c2nnc(C(F)F)o2)cc1F)c1ccc(F)cc1. The maximum atomic E-state index is 14.3. The van der Waals surface area contributed by atoms with Crippen molar-refractivity contribution in [2.24, 2.45) is 0 Å². The molecule has 0 atom stereocenters. The summed E-state index contributed by atoms with van der Waals surface area (Å²) in [6.45, 7) is 0.240. The summed E-state index contributed by atoms with van der Waals surface area (Å²) in [6, 6.07) is 9.99. The first-order valence-electron chi connectivity index (χ1n) is 7.31. The number of halogens is 4. The summed E-state index contributed by atoms with van der Waals surface area (Å²) in [6.07, 6.45) is -2.88. The fourth-order valence-electron chi connectivity index (χ4n) is 2.29. The third-order valence-electron chi connectivity index (χ3n) is 3.60. The Bertz CT molecular complexity index is 865. The van der Waals surface area contributed by atoms with E-state index in [1.807, 2.05) is 0 Å². The van der Waals surface area contributed by atoms with Crippen molar-refractivity contribution in [1.82, 2.24) is 10.2 Å². The number of hydrogen-bond acceptors (Lipinski definition) is 4. The second kappa shape index (κ2) is 6.92. The molecule has 1 heterocycles. The minimum Gasteiger partial charge on any atom is -0.415 e. The highest BCUT2D eigenvalue weighted by molar-refractivity contribution is 5.54. The Balaban J connectivity index is 1.78. The molecular formula is C17H13F4N3O. The zero-order valence-electron chi connectivity index (χ0n) is 13.1. The Hall–Kier alpha value is -2.90.